The number of benzene rings is 1. The Morgan fingerprint density at radius 1 is 1.50 bits per heavy atom. The molecule has 1 amide bonds. The summed E-state index contributed by atoms with van der Waals surface area (Å²) < 4.78 is 5.17. The van der Waals surface area contributed by atoms with Crippen molar-refractivity contribution in [3.63, 3.8) is 0 Å². The van der Waals surface area contributed by atoms with Gasteiger partial charge in [0.15, 0.2) is 5.58 Å². The second-order valence-corrected chi connectivity index (χ2v) is 5.69. The van der Waals surface area contributed by atoms with E-state index < -0.39 is 0 Å². The highest BCUT2D eigenvalue weighted by atomic mass is 32.2. The first-order valence-electron chi connectivity index (χ1n) is 6.42. The van der Waals surface area contributed by atoms with Crippen LogP contribution in [0.25, 0.3) is 11.0 Å². The Hall–Kier alpha value is -1.53. The van der Waals surface area contributed by atoms with Gasteiger partial charge in [-0.05, 0) is 25.3 Å². The largest absolute Gasteiger partial charge is 0.395 e. The van der Waals surface area contributed by atoms with Crippen molar-refractivity contribution in [3.8, 4) is 0 Å². The Morgan fingerprint density at radius 2 is 2.25 bits per heavy atom. The smallest absolute Gasteiger partial charge is 0.226 e. The van der Waals surface area contributed by atoms with Gasteiger partial charge in [-0.3, -0.25) is 4.79 Å². The van der Waals surface area contributed by atoms with Gasteiger partial charge in [0, 0.05) is 16.7 Å². The molecular formula is C14H18N2O3S. The van der Waals surface area contributed by atoms with Gasteiger partial charge < -0.3 is 14.9 Å². The first-order chi connectivity index (χ1) is 9.65. The molecule has 2 unspecified atom stereocenters. The Bertz CT molecular complexity index is 581. The number of nitrogens with zero attached hydrogens (tertiary/aromatic N) is 1. The molecule has 0 fully saturated rings. The summed E-state index contributed by atoms with van der Waals surface area (Å²) in [6, 6.07) is 7.36. The van der Waals surface area contributed by atoms with Gasteiger partial charge in [0.05, 0.1) is 13.0 Å². The lowest BCUT2D eigenvalue weighted by molar-refractivity contribution is -0.121. The summed E-state index contributed by atoms with van der Waals surface area (Å²) in [5, 5.41) is 16.9. The standard InChI is InChI=1S/C14H18N2O3S/c1-9(13(8-17)20-2)15-14(18)7-11-10-5-3-4-6-12(10)19-16-11/h3-6,9,13,17H,7-8H2,1-2H3,(H,15,18). The van der Waals surface area contributed by atoms with Crippen molar-refractivity contribution in [1.82, 2.24) is 10.5 Å². The molecule has 0 aliphatic heterocycles. The van der Waals surface area contributed by atoms with E-state index in [0.717, 1.165) is 5.39 Å². The highest BCUT2D eigenvalue weighted by Gasteiger charge is 2.19. The van der Waals surface area contributed by atoms with Crippen LogP contribution >= 0.6 is 11.8 Å². The summed E-state index contributed by atoms with van der Waals surface area (Å²) in [4.78, 5) is 12.0. The van der Waals surface area contributed by atoms with Crippen molar-refractivity contribution in [2.75, 3.05) is 12.9 Å². The first-order valence-corrected chi connectivity index (χ1v) is 7.70. The molecule has 1 heterocycles. The van der Waals surface area contributed by atoms with Crippen LogP contribution in [-0.2, 0) is 11.2 Å². The maximum absolute atomic E-state index is 12.0. The summed E-state index contributed by atoms with van der Waals surface area (Å²) >= 11 is 1.53. The van der Waals surface area contributed by atoms with Crippen LogP contribution in [0.15, 0.2) is 28.8 Å². The lowest BCUT2D eigenvalue weighted by atomic mass is 10.1. The molecule has 1 aromatic heterocycles. The van der Waals surface area contributed by atoms with Crippen LogP contribution < -0.4 is 5.32 Å². The fourth-order valence-electron chi connectivity index (χ4n) is 2.05. The average Bonchev–Trinajstić information content (AvgIpc) is 2.83. The number of aliphatic hydroxyl groups excluding tert-OH is 1. The van der Waals surface area contributed by atoms with E-state index in [9.17, 15) is 9.90 Å². The Kier molecular flexibility index (Phi) is 5.03. The van der Waals surface area contributed by atoms with E-state index in [1.807, 2.05) is 37.4 Å². The number of fused-ring (bicyclic) bond motifs is 1. The molecule has 0 spiro atoms. The van der Waals surface area contributed by atoms with Crippen LogP contribution in [0, 0.1) is 0 Å². The average molecular weight is 294 g/mol. The molecule has 0 aliphatic carbocycles. The van der Waals surface area contributed by atoms with Crippen molar-refractivity contribution in [3.05, 3.63) is 30.0 Å². The quantitative estimate of drug-likeness (QED) is 0.846. The summed E-state index contributed by atoms with van der Waals surface area (Å²) in [5.41, 5.74) is 1.32. The van der Waals surface area contributed by atoms with Crippen molar-refractivity contribution in [2.24, 2.45) is 0 Å². The third kappa shape index (κ3) is 3.32. The zero-order valence-electron chi connectivity index (χ0n) is 11.5. The van der Waals surface area contributed by atoms with Gasteiger partial charge in [0.25, 0.3) is 0 Å². The van der Waals surface area contributed by atoms with Crippen LogP contribution in [0.3, 0.4) is 0 Å². The second kappa shape index (κ2) is 6.76. The third-order valence-corrected chi connectivity index (χ3v) is 4.37. The number of nitrogens with one attached hydrogen (secondary N) is 1. The van der Waals surface area contributed by atoms with Crippen LogP contribution in [0.2, 0.25) is 0 Å². The zero-order chi connectivity index (χ0) is 14.5. The summed E-state index contributed by atoms with van der Waals surface area (Å²) in [6.07, 6.45) is 2.09. The number of hydrogen-bond donors (Lipinski definition) is 2. The van der Waals surface area contributed by atoms with Gasteiger partial charge in [-0.2, -0.15) is 11.8 Å². The summed E-state index contributed by atoms with van der Waals surface area (Å²) in [6.45, 7) is 1.92. The molecule has 2 atom stereocenters. The van der Waals surface area contributed by atoms with E-state index in [4.69, 9.17) is 4.52 Å². The predicted octanol–water partition coefficient (Wildman–Crippen LogP) is 1.60. The van der Waals surface area contributed by atoms with E-state index in [1.54, 1.807) is 0 Å². The van der Waals surface area contributed by atoms with E-state index in [2.05, 4.69) is 10.5 Å². The molecule has 108 valence electrons. The van der Waals surface area contributed by atoms with Gasteiger partial charge in [-0.25, -0.2) is 0 Å². The molecule has 0 radical (unpaired) electrons. The SMILES string of the molecule is CSC(CO)C(C)NC(=O)Cc1noc2ccccc12. The Balaban J connectivity index is 2.01. The third-order valence-electron chi connectivity index (χ3n) is 3.21. The minimum Gasteiger partial charge on any atom is -0.395 e. The maximum atomic E-state index is 12.0. The monoisotopic (exact) mass is 294 g/mol. The number of amides is 1. The van der Waals surface area contributed by atoms with Crippen molar-refractivity contribution in [1.29, 1.82) is 0 Å². The van der Waals surface area contributed by atoms with Crippen LogP contribution in [-0.4, -0.2) is 40.3 Å². The highest BCUT2D eigenvalue weighted by Crippen LogP contribution is 2.18. The number of hydrogen-bond acceptors (Lipinski definition) is 5. The van der Waals surface area contributed by atoms with E-state index in [0.29, 0.717) is 11.3 Å². The van der Waals surface area contributed by atoms with E-state index in [1.165, 1.54) is 11.8 Å². The van der Waals surface area contributed by atoms with Gasteiger partial charge in [-0.15, -0.1) is 0 Å². The fourth-order valence-corrected chi connectivity index (χ4v) is 2.68. The summed E-state index contributed by atoms with van der Waals surface area (Å²) in [5.74, 6) is -0.121. The molecule has 20 heavy (non-hydrogen) atoms. The minimum atomic E-state index is -0.121. The van der Waals surface area contributed by atoms with Crippen molar-refractivity contribution < 1.29 is 14.4 Å². The minimum absolute atomic E-state index is 0.00648. The van der Waals surface area contributed by atoms with Gasteiger partial charge >= 0.3 is 0 Å². The van der Waals surface area contributed by atoms with Gasteiger partial charge in [0.2, 0.25) is 5.91 Å². The predicted molar refractivity (Wildman–Crippen MR) is 79.7 cm³/mol. The molecule has 5 nitrogen and oxygen atoms in total. The zero-order valence-corrected chi connectivity index (χ0v) is 12.3. The highest BCUT2D eigenvalue weighted by molar-refractivity contribution is 7.99. The molecule has 2 N–H and O–H groups in total. The Labute approximate surface area is 121 Å². The molecule has 2 aromatic rings. The van der Waals surface area contributed by atoms with Crippen LogP contribution in [0.5, 0.6) is 0 Å². The van der Waals surface area contributed by atoms with E-state index >= 15 is 0 Å². The fraction of sp³-hybridized carbons (Fsp3) is 0.429. The lowest BCUT2D eigenvalue weighted by Gasteiger charge is -2.21. The van der Waals surface area contributed by atoms with E-state index in [-0.39, 0.29) is 30.2 Å². The number of rotatable bonds is 6. The molecule has 0 bridgehead atoms. The molecule has 0 saturated carbocycles. The lowest BCUT2D eigenvalue weighted by Crippen LogP contribution is -2.41. The maximum Gasteiger partial charge on any atom is 0.226 e. The molecule has 6 heteroatoms. The second-order valence-electron chi connectivity index (χ2n) is 4.62. The normalized spacial score (nSPS) is 14.2. The van der Waals surface area contributed by atoms with Crippen LogP contribution in [0.4, 0.5) is 0 Å². The number of carbonyl (C=O) groups excluding carboxylic acids is 1. The summed E-state index contributed by atoms with van der Waals surface area (Å²) in [7, 11) is 0. The number of aromatic nitrogens is 1. The number of thioether (sulfide) groups is 1. The topological polar surface area (TPSA) is 75.4 Å². The number of carbonyl (C=O) groups is 1. The van der Waals surface area contributed by atoms with Crippen LogP contribution in [0.1, 0.15) is 12.6 Å². The molecule has 0 saturated heterocycles. The number of aliphatic hydroxyl groups is 1. The molecule has 0 aliphatic rings. The molecule has 1 aromatic carbocycles. The molecular weight excluding hydrogens is 276 g/mol. The molecule has 2 rings (SSSR count). The first kappa shape index (κ1) is 14.9. The van der Waals surface area contributed by atoms with Gasteiger partial charge in [0.1, 0.15) is 5.69 Å². The van der Waals surface area contributed by atoms with Crippen molar-refractivity contribution >= 4 is 28.6 Å². The Morgan fingerprint density at radius 3 is 2.95 bits per heavy atom. The van der Waals surface area contributed by atoms with Crippen molar-refractivity contribution in [2.45, 2.75) is 24.6 Å². The van der Waals surface area contributed by atoms with Gasteiger partial charge in [-0.1, -0.05) is 17.3 Å². The number of para-hydroxylation sites is 1.